The van der Waals surface area contributed by atoms with Crippen molar-refractivity contribution in [2.45, 2.75) is 37.0 Å². The highest BCUT2D eigenvalue weighted by molar-refractivity contribution is 7.90. The van der Waals surface area contributed by atoms with Crippen LogP contribution >= 0.6 is 0 Å². The highest BCUT2D eigenvalue weighted by atomic mass is 32.2. The highest BCUT2D eigenvalue weighted by Crippen LogP contribution is 2.46. The van der Waals surface area contributed by atoms with E-state index >= 15 is 0 Å². The predicted molar refractivity (Wildman–Crippen MR) is 114 cm³/mol. The van der Waals surface area contributed by atoms with Gasteiger partial charge in [0.1, 0.15) is 0 Å². The molecule has 4 rings (SSSR count). The Morgan fingerprint density at radius 2 is 1.77 bits per heavy atom. The van der Waals surface area contributed by atoms with Crippen molar-refractivity contribution in [2.24, 2.45) is 5.41 Å². The third-order valence-corrected chi connectivity index (χ3v) is 7.61. The minimum atomic E-state index is -4.35. The van der Waals surface area contributed by atoms with Crippen molar-refractivity contribution in [2.75, 3.05) is 18.0 Å². The van der Waals surface area contributed by atoms with E-state index in [1.807, 2.05) is 4.72 Å². The van der Waals surface area contributed by atoms with Gasteiger partial charge in [0, 0.05) is 30.4 Å². The Morgan fingerprint density at radius 1 is 1.10 bits per heavy atom. The van der Waals surface area contributed by atoms with Crippen molar-refractivity contribution in [1.82, 2.24) is 4.72 Å². The molecular formula is C21H23N3O6S. The maximum atomic E-state index is 12.5. The Hall–Kier alpha value is -3.14. The number of amides is 1. The molecule has 31 heavy (non-hydrogen) atoms. The van der Waals surface area contributed by atoms with E-state index in [0.717, 1.165) is 30.9 Å². The van der Waals surface area contributed by atoms with E-state index in [9.17, 15) is 28.4 Å². The summed E-state index contributed by atoms with van der Waals surface area (Å²) in [6.45, 7) is 1.98. The first-order valence-corrected chi connectivity index (χ1v) is 11.6. The van der Waals surface area contributed by atoms with Gasteiger partial charge in [-0.2, -0.15) is 0 Å². The SMILES string of the molecule is O=C(NS(=O)(=O)c1ccc(O)c([N+](=O)[O-])c1)c1ccc(N2CCC3(CCCC3)C2)cc1. The number of rotatable bonds is 5. The number of nitrogens with zero attached hydrogens (tertiary/aromatic N) is 2. The molecule has 1 saturated heterocycles. The molecule has 164 valence electrons. The van der Waals surface area contributed by atoms with Crippen LogP contribution in [0.5, 0.6) is 5.75 Å². The molecule has 2 aromatic carbocycles. The molecule has 1 spiro atoms. The molecule has 0 radical (unpaired) electrons. The first-order chi connectivity index (χ1) is 14.7. The van der Waals surface area contributed by atoms with Crippen molar-refractivity contribution >= 4 is 27.3 Å². The summed E-state index contributed by atoms with van der Waals surface area (Å²) in [5.41, 5.74) is 0.815. The number of nitro groups is 1. The van der Waals surface area contributed by atoms with Gasteiger partial charge in [-0.25, -0.2) is 13.1 Å². The average Bonchev–Trinajstić information content (AvgIpc) is 3.37. The normalized spacial score (nSPS) is 17.7. The summed E-state index contributed by atoms with van der Waals surface area (Å²) < 4.78 is 26.9. The van der Waals surface area contributed by atoms with Gasteiger partial charge in [-0.1, -0.05) is 12.8 Å². The molecule has 2 aromatic rings. The molecule has 2 aliphatic rings. The summed E-state index contributed by atoms with van der Waals surface area (Å²) in [4.78, 5) is 24.3. The van der Waals surface area contributed by atoms with Gasteiger partial charge in [0.25, 0.3) is 15.9 Å². The molecule has 1 aliphatic carbocycles. The number of nitro benzene ring substituents is 1. The first-order valence-electron chi connectivity index (χ1n) is 10.1. The van der Waals surface area contributed by atoms with Crippen LogP contribution in [0.15, 0.2) is 47.4 Å². The Morgan fingerprint density at radius 3 is 2.42 bits per heavy atom. The zero-order valence-corrected chi connectivity index (χ0v) is 17.6. The van der Waals surface area contributed by atoms with Crippen LogP contribution in [0.25, 0.3) is 0 Å². The Labute approximate surface area is 179 Å². The lowest BCUT2D eigenvalue weighted by molar-refractivity contribution is -0.386. The number of benzene rings is 2. The standard InChI is InChI=1S/C21H23N3O6S/c25-19-8-7-17(13-18(19)24(27)28)31(29,30)22-20(26)15-3-5-16(6-4-15)23-12-11-21(14-23)9-1-2-10-21/h3-8,13,25H,1-2,9-12,14H2,(H,22,26). The van der Waals surface area contributed by atoms with Crippen LogP contribution in [0.4, 0.5) is 11.4 Å². The van der Waals surface area contributed by atoms with Crippen LogP contribution < -0.4 is 9.62 Å². The summed E-state index contributed by atoms with van der Waals surface area (Å²) in [6.07, 6.45) is 6.26. The van der Waals surface area contributed by atoms with Crippen LogP contribution in [0.1, 0.15) is 42.5 Å². The summed E-state index contributed by atoms with van der Waals surface area (Å²) in [6, 6.07) is 9.35. The fraction of sp³-hybridized carbons (Fsp3) is 0.381. The highest BCUT2D eigenvalue weighted by Gasteiger charge is 2.40. The van der Waals surface area contributed by atoms with Gasteiger partial charge in [-0.3, -0.25) is 14.9 Å². The largest absolute Gasteiger partial charge is 0.502 e. The molecule has 0 bridgehead atoms. The van der Waals surface area contributed by atoms with Gasteiger partial charge in [-0.05, 0) is 61.1 Å². The second-order valence-corrected chi connectivity index (χ2v) is 9.95. The monoisotopic (exact) mass is 445 g/mol. The number of aromatic hydroxyl groups is 1. The average molecular weight is 445 g/mol. The molecule has 1 saturated carbocycles. The van der Waals surface area contributed by atoms with Gasteiger partial charge in [0.2, 0.25) is 0 Å². The van der Waals surface area contributed by atoms with E-state index in [1.165, 1.54) is 32.1 Å². The number of carbonyl (C=O) groups excluding carboxylic acids is 1. The number of anilines is 1. The number of hydrogen-bond acceptors (Lipinski definition) is 7. The molecule has 1 amide bonds. The minimum absolute atomic E-state index is 0.162. The van der Waals surface area contributed by atoms with Crippen LogP contribution in [0.2, 0.25) is 0 Å². The minimum Gasteiger partial charge on any atom is -0.502 e. The molecular weight excluding hydrogens is 422 g/mol. The molecule has 0 aromatic heterocycles. The van der Waals surface area contributed by atoms with E-state index in [2.05, 4.69) is 4.90 Å². The van der Waals surface area contributed by atoms with Gasteiger partial charge in [0.05, 0.1) is 9.82 Å². The van der Waals surface area contributed by atoms with Crippen LogP contribution in [-0.2, 0) is 10.0 Å². The summed E-state index contributed by atoms with van der Waals surface area (Å²) in [7, 11) is -4.35. The molecule has 0 unspecified atom stereocenters. The zero-order chi connectivity index (χ0) is 22.2. The number of nitrogens with one attached hydrogen (secondary N) is 1. The van der Waals surface area contributed by atoms with Crippen LogP contribution in [0, 0.1) is 15.5 Å². The number of carbonyl (C=O) groups is 1. The van der Waals surface area contributed by atoms with E-state index in [4.69, 9.17) is 0 Å². The third-order valence-electron chi connectivity index (χ3n) is 6.28. The number of sulfonamides is 1. The Bertz CT molecular complexity index is 1120. The van der Waals surface area contributed by atoms with Crippen molar-refractivity contribution < 1.29 is 23.2 Å². The maximum Gasteiger partial charge on any atom is 0.312 e. The predicted octanol–water partition coefficient (Wildman–Crippen LogP) is 3.19. The molecule has 1 aliphatic heterocycles. The van der Waals surface area contributed by atoms with E-state index in [0.29, 0.717) is 11.5 Å². The third kappa shape index (κ3) is 4.20. The Kier molecular flexibility index (Phi) is 5.34. The smallest absolute Gasteiger partial charge is 0.312 e. The second kappa shape index (κ2) is 7.84. The molecule has 1 heterocycles. The summed E-state index contributed by atoms with van der Waals surface area (Å²) in [5, 5.41) is 20.4. The number of hydrogen-bond donors (Lipinski definition) is 2. The lowest BCUT2D eigenvalue weighted by atomic mass is 9.86. The van der Waals surface area contributed by atoms with Gasteiger partial charge in [0.15, 0.2) is 5.75 Å². The first kappa shape index (κ1) is 21.1. The van der Waals surface area contributed by atoms with E-state index in [-0.39, 0.29) is 5.56 Å². The van der Waals surface area contributed by atoms with Crippen molar-refractivity contribution in [3.8, 4) is 5.75 Å². The lowest BCUT2D eigenvalue weighted by Crippen LogP contribution is -2.30. The maximum absolute atomic E-state index is 12.5. The van der Waals surface area contributed by atoms with Crippen molar-refractivity contribution in [1.29, 1.82) is 0 Å². The van der Waals surface area contributed by atoms with Gasteiger partial charge < -0.3 is 10.0 Å². The topological polar surface area (TPSA) is 130 Å². The van der Waals surface area contributed by atoms with Gasteiger partial charge >= 0.3 is 5.69 Å². The number of phenolic OH excluding ortho intramolecular Hbond substituents is 1. The molecule has 10 heteroatoms. The van der Waals surface area contributed by atoms with Crippen LogP contribution in [0.3, 0.4) is 0 Å². The number of phenols is 1. The van der Waals surface area contributed by atoms with Crippen molar-refractivity contribution in [3.63, 3.8) is 0 Å². The fourth-order valence-electron chi connectivity index (χ4n) is 4.57. The van der Waals surface area contributed by atoms with E-state index < -0.39 is 37.2 Å². The van der Waals surface area contributed by atoms with E-state index in [1.54, 1.807) is 24.3 Å². The lowest BCUT2D eigenvalue weighted by Gasteiger charge is -2.24. The molecule has 2 N–H and O–H groups in total. The quantitative estimate of drug-likeness (QED) is 0.534. The second-order valence-electron chi connectivity index (χ2n) is 8.27. The zero-order valence-electron chi connectivity index (χ0n) is 16.8. The summed E-state index contributed by atoms with van der Waals surface area (Å²) >= 11 is 0. The molecule has 0 atom stereocenters. The molecule has 2 fully saturated rings. The van der Waals surface area contributed by atoms with Gasteiger partial charge in [-0.15, -0.1) is 0 Å². The van der Waals surface area contributed by atoms with Crippen molar-refractivity contribution in [3.05, 3.63) is 58.1 Å². The fourth-order valence-corrected chi connectivity index (χ4v) is 5.56. The Balaban J connectivity index is 1.46. The van der Waals surface area contributed by atoms with Crippen LogP contribution in [-0.4, -0.2) is 37.4 Å². The molecule has 9 nitrogen and oxygen atoms in total. The summed E-state index contributed by atoms with van der Waals surface area (Å²) in [5.74, 6) is -1.50.